The zero-order chi connectivity index (χ0) is 14.4. The molecule has 3 N–H and O–H groups in total. The van der Waals surface area contributed by atoms with Gasteiger partial charge >= 0.3 is 0 Å². The number of hydrazine groups is 1. The van der Waals surface area contributed by atoms with Crippen LogP contribution in [0.5, 0.6) is 11.5 Å². The van der Waals surface area contributed by atoms with Gasteiger partial charge in [-0.25, -0.2) is 0 Å². The molecular weight excluding hydrogens is 272 g/mol. The summed E-state index contributed by atoms with van der Waals surface area (Å²) < 4.78 is 11.0. The summed E-state index contributed by atoms with van der Waals surface area (Å²) >= 11 is 2.04. The third-order valence-electron chi connectivity index (χ3n) is 3.93. The molecule has 0 spiro atoms. The van der Waals surface area contributed by atoms with Crippen molar-refractivity contribution in [3.63, 3.8) is 0 Å². The lowest BCUT2D eigenvalue weighted by Gasteiger charge is -2.28. The van der Waals surface area contributed by atoms with Crippen LogP contribution in [-0.4, -0.2) is 25.7 Å². The summed E-state index contributed by atoms with van der Waals surface area (Å²) in [7, 11) is 3.37. The van der Waals surface area contributed by atoms with Gasteiger partial charge in [0, 0.05) is 0 Å². The Bertz CT molecular complexity index is 400. The highest BCUT2D eigenvalue weighted by atomic mass is 32.2. The van der Waals surface area contributed by atoms with E-state index in [1.54, 1.807) is 14.2 Å². The summed E-state index contributed by atoms with van der Waals surface area (Å²) in [6.45, 7) is 0. The number of benzene rings is 1. The first-order valence-corrected chi connectivity index (χ1v) is 8.20. The topological polar surface area (TPSA) is 56.5 Å². The Balaban J connectivity index is 2.21. The van der Waals surface area contributed by atoms with E-state index in [0.29, 0.717) is 5.92 Å². The summed E-state index contributed by atoms with van der Waals surface area (Å²) in [4.78, 5) is 0. The standard InChI is InChI=1S/C15H24N2O2S/c1-18-13-4-3-5-14(19-2)15(13)12(17-16)10-11-6-8-20-9-7-11/h3-5,11-12,17H,6-10,16H2,1-2H3. The van der Waals surface area contributed by atoms with Crippen molar-refractivity contribution >= 4 is 11.8 Å². The molecule has 1 fully saturated rings. The lowest BCUT2D eigenvalue weighted by atomic mass is 9.90. The predicted octanol–water partition coefficient (Wildman–Crippen LogP) is 2.74. The van der Waals surface area contributed by atoms with Crippen LogP contribution in [0.15, 0.2) is 18.2 Å². The Kier molecular flexibility index (Phi) is 6.01. The molecule has 1 heterocycles. The van der Waals surface area contributed by atoms with E-state index in [2.05, 4.69) is 5.43 Å². The van der Waals surface area contributed by atoms with E-state index in [9.17, 15) is 0 Å². The molecule has 4 nitrogen and oxygen atoms in total. The van der Waals surface area contributed by atoms with Crippen LogP contribution in [0.2, 0.25) is 0 Å². The van der Waals surface area contributed by atoms with Crippen LogP contribution in [0, 0.1) is 5.92 Å². The molecule has 2 rings (SSSR count). The van der Waals surface area contributed by atoms with Crippen LogP contribution < -0.4 is 20.7 Å². The van der Waals surface area contributed by atoms with Crippen LogP contribution in [0.3, 0.4) is 0 Å². The largest absolute Gasteiger partial charge is 0.496 e. The molecule has 0 radical (unpaired) electrons. The van der Waals surface area contributed by atoms with Crippen molar-refractivity contribution in [2.45, 2.75) is 25.3 Å². The van der Waals surface area contributed by atoms with Gasteiger partial charge in [-0.1, -0.05) is 6.07 Å². The minimum atomic E-state index is 0.0641. The summed E-state index contributed by atoms with van der Waals surface area (Å²) in [5.41, 5.74) is 3.97. The van der Waals surface area contributed by atoms with Gasteiger partial charge in [0.25, 0.3) is 0 Å². The van der Waals surface area contributed by atoms with Crippen LogP contribution in [-0.2, 0) is 0 Å². The highest BCUT2D eigenvalue weighted by Gasteiger charge is 2.24. The van der Waals surface area contributed by atoms with Gasteiger partial charge in [-0.2, -0.15) is 11.8 Å². The van der Waals surface area contributed by atoms with Crippen molar-refractivity contribution in [2.24, 2.45) is 11.8 Å². The molecule has 0 bridgehead atoms. The number of nitrogens with two attached hydrogens (primary N) is 1. The van der Waals surface area contributed by atoms with Gasteiger partial charge in [-0.3, -0.25) is 11.3 Å². The van der Waals surface area contributed by atoms with Crippen molar-refractivity contribution < 1.29 is 9.47 Å². The van der Waals surface area contributed by atoms with E-state index in [0.717, 1.165) is 23.5 Å². The fourth-order valence-corrected chi connectivity index (χ4v) is 4.01. The normalized spacial score (nSPS) is 17.8. The van der Waals surface area contributed by atoms with Gasteiger partial charge in [0.15, 0.2) is 0 Å². The fourth-order valence-electron chi connectivity index (χ4n) is 2.81. The Morgan fingerprint density at radius 3 is 2.35 bits per heavy atom. The molecule has 1 aromatic carbocycles. The summed E-state index contributed by atoms with van der Waals surface area (Å²) in [6, 6.07) is 5.92. The molecule has 0 aromatic heterocycles. The molecule has 1 atom stereocenters. The molecule has 1 unspecified atom stereocenters. The quantitative estimate of drug-likeness (QED) is 0.624. The van der Waals surface area contributed by atoms with Crippen LogP contribution in [0.25, 0.3) is 0 Å². The molecule has 5 heteroatoms. The molecule has 1 aromatic rings. The van der Waals surface area contributed by atoms with Crippen LogP contribution >= 0.6 is 11.8 Å². The minimum Gasteiger partial charge on any atom is -0.496 e. The Morgan fingerprint density at radius 2 is 1.85 bits per heavy atom. The summed E-state index contributed by atoms with van der Waals surface area (Å²) in [5, 5.41) is 0. The van der Waals surface area contributed by atoms with Crippen molar-refractivity contribution in [3.8, 4) is 11.5 Å². The Hall–Kier alpha value is -0.910. The van der Waals surface area contributed by atoms with Crippen molar-refractivity contribution in [2.75, 3.05) is 25.7 Å². The highest BCUT2D eigenvalue weighted by Crippen LogP contribution is 2.38. The van der Waals surface area contributed by atoms with Crippen molar-refractivity contribution in [1.29, 1.82) is 0 Å². The second kappa shape index (κ2) is 7.76. The van der Waals surface area contributed by atoms with E-state index in [1.807, 2.05) is 30.0 Å². The highest BCUT2D eigenvalue weighted by molar-refractivity contribution is 7.99. The average molecular weight is 296 g/mol. The maximum atomic E-state index is 5.80. The third-order valence-corrected chi connectivity index (χ3v) is 4.97. The average Bonchev–Trinajstić information content (AvgIpc) is 2.52. The third kappa shape index (κ3) is 3.59. The number of hydrogen-bond donors (Lipinski definition) is 2. The van der Waals surface area contributed by atoms with Crippen molar-refractivity contribution in [3.05, 3.63) is 23.8 Å². The van der Waals surface area contributed by atoms with E-state index in [1.165, 1.54) is 24.3 Å². The lowest BCUT2D eigenvalue weighted by molar-refractivity contribution is 0.336. The van der Waals surface area contributed by atoms with Gasteiger partial charge in [0.05, 0.1) is 25.8 Å². The number of methoxy groups -OCH3 is 2. The first kappa shape index (κ1) is 15.5. The minimum absolute atomic E-state index is 0.0641. The molecule has 0 aliphatic carbocycles. The van der Waals surface area contributed by atoms with E-state index >= 15 is 0 Å². The molecule has 1 aliphatic rings. The van der Waals surface area contributed by atoms with Gasteiger partial charge in [0.2, 0.25) is 0 Å². The first-order chi connectivity index (χ1) is 9.80. The van der Waals surface area contributed by atoms with Gasteiger partial charge in [-0.05, 0) is 48.8 Å². The van der Waals surface area contributed by atoms with Crippen molar-refractivity contribution in [1.82, 2.24) is 5.43 Å². The molecule has 20 heavy (non-hydrogen) atoms. The summed E-state index contributed by atoms with van der Waals surface area (Å²) in [6.07, 6.45) is 3.55. The van der Waals surface area contributed by atoms with E-state index < -0.39 is 0 Å². The number of thioether (sulfide) groups is 1. The van der Waals surface area contributed by atoms with Gasteiger partial charge in [0.1, 0.15) is 11.5 Å². The first-order valence-electron chi connectivity index (χ1n) is 7.05. The molecule has 112 valence electrons. The fraction of sp³-hybridized carbons (Fsp3) is 0.600. The molecule has 1 saturated heterocycles. The number of ether oxygens (including phenoxy) is 2. The smallest absolute Gasteiger partial charge is 0.127 e. The maximum absolute atomic E-state index is 5.80. The number of hydrogen-bond acceptors (Lipinski definition) is 5. The summed E-state index contributed by atoms with van der Waals surface area (Å²) in [5.74, 6) is 10.7. The lowest BCUT2D eigenvalue weighted by Crippen LogP contribution is -2.31. The van der Waals surface area contributed by atoms with Crippen LogP contribution in [0.4, 0.5) is 0 Å². The van der Waals surface area contributed by atoms with Gasteiger partial charge < -0.3 is 9.47 Å². The zero-order valence-electron chi connectivity index (χ0n) is 12.2. The molecule has 0 saturated carbocycles. The van der Waals surface area contributed by atoms with Crippen LogP contribution in [0.1, 0.15) is 30.9 Å². The maximum Gasteiger partial charge on any atom is 0.127 e. The molecule has 0 amide bonds. The Morgan fingerprint density at radius 1 is 1.25 bits per heavy atom. The number of nitrogens with one attached hydrogen (secondary N) is 1. The SMILES string of the molecule is COc1cccc(OC)c1C(CC1CCSCC1)NN. The monoisotopic (exact) mass is 296 g/mol. The van der Waals surface area contributed by atoms with Gasteiger partial charge in [-0.15, -0.1) is 0 Å². The second-order valence-corrected chi connectivity index (χ2v) is 6.31. The molecule has 1 aliphatic heterocycles. The number of rotatable bonds is 6. The zero-order valence-corrected chi connectivity index (χ0v) is 13.0. The second-order valence-electron chi connectivity index (χ2n) is 5.09. The van der Waals surface area contributed by atoms with E-state index in [-0.39, 0.29) is 6.04 Å². The van der Waals surface area contributed by atoms with E-state index in [4.69, 9.17) is 15.3 Å². The Labute approximate surface area is 125 Å². The molecular formula is C15H24N2O2S. The predicted molar refractivity (Wildman–Crippen MR) is 84.3 cm³/mol.